The van der Waals surface area contributed by atoms with Crippen molar-refractivity contribution in [2.24, 2.45) is 0 Å². The number of non-ortho nitro benzene ring substituents is 2. The number of nitro benzene ring substituents is 2. The van der Waals surface area contributed by atoms with Crippen LogP contribution in [0.4, 0.5) is 17.1 Å². The third-order valence-corrected chi connectivity index (χ3v) is 3.84. The molecule has 0 bridgehead atoms. The molecular weight excluding hydrogens is 414 g/mol. The number of para-hydroxylation sites is 1. The van der Waals surface area contributed by atoms with E-state index in [4.69, 9.17) is 12.2 Å². The lowest BCUT2D eigenvalue weighted by molar-refractivity contribution is -0.394. The predicted octanol–water partition coefficient (Wildman–Crippen LogP) is 2.55. The van der Waals surface area contributed by atoms with E-state index in [1.54, 1.807) is 18.2 Å². The number of nitro groups is 2. The molecule has 0 radical (unpaired) electrons. The lowest BCUT2D eigenvalue weighted by Crippen LogP contribution is -2.35. The molecule has 0 spiro atoms. The summed E-state index contributed by atoms with van der Waals surface area (Å²) < 4.78 is 0. The van der Waals surface area contributed by atoms with Gasteiger partial charge < -0.3 is 10.6 Å². The zero-order valence-corrected chi connectivity index (χ0v) is 16.1. The molecule has 0 unspecified atom stereocenters. The van der Waals surface area contributed by atoms with E-state index in [0.29, 0.717) is 5.69 Å². The molecule has 3 N–H and O–H groups in total. The fraction of sp³-hybridized carbons (Fsp3) is 0.0556. The molecule has 30 heavy (non-hydrogen) atoms. The summed E-state index contributed by atoms with van der Waals surface area (Å²) in [4.78, 5) is 44.8. The molecule has 0 aliphatic rings. The minimum absolute atomic E-state index is 0.210. The van der Waals surface area contributed by atoms with Crippen molar-refractivity contribution in [2.45, 2.75) is 0 Å². The SMILES string of the molecule is C=CCNC(=O)c1ccccc1NC(=S)NC(=O)c1cc([N+](=O)[O-])cc([N+](=O)[O-])c1. The molecule has 12 heteroatoms. The highest BCUT2D eigenvalue weighted by Gasteiger charge is 2.20. The summed E-state index contributed by atoms with van der Waals surface area (Å²) >= 11 is 5.06. The average molecular weight is 429 g/mol. The summed E-state index contributed by atoms with van der Waals surface area (Å²) in [5.74, 6) is -1.30. The van der Waals surface area contributed by atoms with E-state index in [1.165, 1.54) is 12.1 Å². The first-order valence-electron chi connectivity index (χ1n) is 8.27. The highest BCUT2D eigenvalue weighted by Crippen LogP contribution is 2.22. The van der Waals surface area contributed by atoms with E-state index in [2.05, 4.69) is 22.5 Å². The van der Waals surface area contributed by atoms with Crippen LogP contribution in [0, 0.1) is 20.2 Å². The number of carbonyl (C=O) groups excluding carboxylic acids is 2. The maximum Gasteiger partial charge on any atom is 0.277 e. The van der Waals surface area contributed by atoms with E-state index < -0.39 is 33.0 Å². The molecule has 11 nitrogen and oxygen atoms in total. The average Bonchev–Trinajstić information content (AvgIpc) is 2.71. The van der Waals surface area contributed by atoms with Gasteiger partial charge >= 0.3 is 0 Å². The molecule has 0 saturated heterocycles. The van der Waals surface area contributed by atoms with E-state index in [0.717, 1.165) is 18.2 Å². The van der Waals surface area contributed by atoms with Gasteiger partial charge in [0.25, 0.3) is 23.2 Å². The normalized spacial score (nSPS) is 9.87. The summed E-state index contributed by atoms with van der Waals surface area (Å²) in [7, 11) is 0. The van der Waals surface area contributed by atoms with E-state index in [-0.39, 0.29) is 22.8 Å². The van der Waals surface area contributed by atoms with Crippen LogP contribution in [0.15, 0.2) is 55.1 Å². The summed E-state index contributed by atoms with van der Waals surface area (Å²) in [5.41, 5.74) is -0.997. The number of amides is 2. The zero-order valence-electron chi connectivity index (χ0n) is 15.3. The van der Waals surface area contributed by atoms with Gasteiger partial charge in [-0.3, -0.25) is 35.1 Å². The first kappa shape index (κ1) is 22.1. The number of carbonyl (C=O) groups is 2. The van der Waals surface area contributed by atoms with Crippen LogP contribution in [0.1, 0.15) is 20.7 Å². The topological polar surface area (TPSA) is 157 Å². The van der Waals surface area contributed by atoms with Crippen LogP contribution in [-0.2, 0) is 0 Å². The lowest BCUT2D eigenvalue weighted by atomic mass is 10.1. The van der Waals surface area contributed by atoms with Crippen molar-refractivity contribution >= 4 is 46.2 Å². The Morgan fingerprint density at radius 3 is 2.20 bits per heavy atom. The van der Waals surface area contributed by atoms with Crippen LogP contribution in [0.3, 0.4) is 0 Å². The molecule has 0 atom stereocenters. The van der Waals surface area contributed by atoms with Crippen molar-refractivity contribution in [1.82, 2.24) is 10.6 Å². The van der Waals surface area contributed by atoms with Crippen LogP contribution in [-0.4, -0.2) is 33.3 Å². The second-order valence-corrected chi connectivity index (χ2v) is 6.11. The summed E-state index contributed by atoms with van der Waals surface area (Å²) in [6.07, 6.45) is 1.51. The Balaban J connectivity index is 2.19. The van der Waals surface area contributed by atoms with Crippen molar-refractivity contribution < 1.29 is 19.4 Å². The Kier molecular flexibility index (Phi) is 7.25. The molecule has 0 saturated carbocycles. The molecule has 0 aromatic heterocycles. The Morgan fingerprint density at radius 1 is 1.03 bits per heavy atom. The standard InChI is InChI=1S/C18H15N5O6S/c1-2-7-19-17(25)14-5-3-4-6-15(14)20-18(30)21-16(24)11-8-12(22(26)27)10-13(9-11)23(28)29/h2-6,8-10H,1,7H2,(H,19,25)(H2,20,21,24,30). The van der Waals surface area contributed by atoms with E-state index in [1.807, 2.05) is 0 Å². The van der Waals surface area contributed by atoms with Gasteiger partial charge in [-0.15, -0.1) is 6.58 Å². The molecule has 2 amide bonds. The predicted molar refractivity (Wildman–Crippen MR) is 112 cm³/mol. The maximum atomic E-state index is 12.4. The number of nitrogens with one attached hydrogen (secondary N) is 3. The summed E-state index contributed by atoms with van der Waals surface area (Å²) in [6, 6.07) is 8.89. The fourth-order valence-electron chi connectivity index (χ4n) is 2.32. The lowest BCUT2D eigenvalue weighted by Gasteiger charge is -2.13. The third-order valence-electron chi connectivity index (χ3n) is 3.64. The highest BCUT2D eigenvalue weighted by atomic mass is 32.1. The van der Waals surface area contributed by atoms with E-state index >= 15 is 0 Å². The molecule has 0 fully saturated rings. The van der Waals surface area contributed by atoms with Gasteiger partial charge in [-0.05, 0) is 24.4 Å². The van der Waals surface area contributed by atoms with Gasteiger partial charge in [-0.2, -0.15) is 0 Å². The van der Waals surface area contributed by atoms with E-state index in [9.17, 15) is 29.8 Å². The number of thiocarbonyl (C=S) groups is 1. The minimum atomic E-state index is -0.895. The van der Waals surface area contributed by atoms with Crippen molar-refractivity contribution in [1.29, 1.82) is 0 Å². The first-order chi connectivity index (χ1) is 14.2. The monoisotopic (exact) mass is 429 g/mol. The van der Waals surface area contributed by atoms with Crippen LogP contribution < -0.4 is 16.0 Å². The minimum Gasteiger partial charge on any atom is -0.349 e. The number of anilines is 1. The number of hydrogen-bond donors (Lipinski definition) is 3. The highest BCUT2D eigenvalue weighted by molar-refractivity contribution is 7.80. The zero-order chi connectivity index (χ0) is 22.3. The Morgan fingerprint density at radius 2 is 1.63 bits per heavy atom. The molecule has 154 valence electrons. The quantitative estimate of drug-likeness (QED) is 0.262. The molecule has 0 aliphatic heterocycles. The van der Waals surface area contributed by atoms with Crippen LogP contribution in [0.2, 0.25) is 0 Å². The molecule has 0 heterocycles. The molecule has 2 rings (SSSR count). The van der Waals surface area contributed by atoms with Crippen molar-refractivity contribution in [3.8, 4) is 0 Å². The Labute approximate surface area is 175 Å². The molecule has 2 aromatic rings. The number of nitrogens with zero attached hydrogens (tertiary/aromatic N) is 2. The van der Waals surface area contributed by atoms with Crippen molar-refractivity contribution in [2.75, 3.05) is 11.9 Å². The summed E-state index contributed by atoms with van der Waals surface area (Å²) in [6.45, 7) is 3.76. The number of rotatable bonds is 7. The van der Waals surface area contributed by atoms with Crippen molar-refractivity contribution in [3.05, 3.63) is 86.5 Å². The van der Waals surface area contributed by atoms with Gasteiger partial charge in [0, 0.05) is 18.7 Å². The smallest absolute Gasteiger partial charge is 0.277 e. The van der Waals surface area contributed by atoms with Gasteiger partial charge in [0.15, 0.2) is 5.11 Å². The third kappa shape index (κ3) is 5.65. The second-order valence-electron chi connectivity index (χ2n) is 5.70. The molecule has 2 aromatic carbocycles. The Hall–Kier alpha value is -4.19. The van der Waals surface area contributed by atoms with Gasteiger partial charge in [-0.25, -0.2) is 0 Å². The van der Waals surface area contributed by atoms with Crippen molar-refractivity contribution in [3.63, 3.8) is 0 Å². The largest absolute Gasteiger partial charge is 0.349 e. The fourth-order valence-corrected chi connectivity index (χ4v) is 2.52. The van der Waals surface area contributed by atoms with Crippen LogP contribution >= 0.6 is 12.2 Å². The van der Waals surface area contributed by atoms with Crippen LogP contribution in [0.5, 0.6) is 0 Å². The number of benzene rings is 2. The van der Waals surface area contributed by atoms with Gasteiger partial charge in [0.1, 0.15) is 0 Å². The number of hydrogen-bond acceptors (Lipinski definition) is 7. The summed E-state index contributed by atoms with van der Waals surface area (Å²) in [5, 5.41) is 29.3. The second kappa shape index (κ2) is 9.84. The molecule has 0 aliphatic carbocycles. The van der Waals surface area contributed by atoms with Gasteiger partial charge in [-0.1, -0.05) is 18.2 Å². The maximum absolute atomic E-state index is 12.4. The Bertz CT molecular complexity index is 1020. The van der Waals surface area contributed by atoms with Gasteiger partial charge in [0.2, 0.25) is 0 Å². The molecular formula is C18H15N5O6S. The van der Waals surface area contributed by atoms with Crippen LogP contribution in [0.25, 0.3) is 0 Å². The first-order valence-corrected chi connectivity index (χ1v) is 8.68. The van der Waals surface area contributed by atoms with Gasteiger partial charge in [0.05, 0.1) is 32.7 Å².